The van der Waals surface area contributed by atoms with Crippen molar-refractivity contribution in [3.8, 4) is 0 Å². The Morgan fingerprint density at radius 3 is 2.76 bits per heavy atom. The van der Waals surface area contributed by atoms with Crippen molar-refractivity contribution >= 4 is 33.4 Å². The molecule has 124 valence electrons. The van der Waals surface area contributed by atoms with Crippen LogP contribution in [0.3, 0.4) is 0 Å². The summed E-state index contributed by atoms with van der Waals surface area (Å²) in [6.07, 6.45) is 1.81. The van der Waals surface area contributed by atoms with E-state index in [0.29, 0.717) is 16.6 Å². The van der Waals surface area contributed by atoms with Crippen molar-refractivity contribution in [2.45, 2.75) is 6.54 Å². The van der Waals surface area contributed by atoms with Gasteiger partial charge in [0.25, 0.3) is 5.56 Å². The highest BCUT2D eigenvalue weighted by atomic mass is 16.2. The first kappa shape index (κ1) is 14.9. The zero-order chi connectivity index (χ0) is 17.4. The summed E-state index contributed by atoms with van der Waals surface area (Å²) >= 11 is 0. The predicted octanol–water partition coefficient (Wildman–Crippen LogP) is 1.81. The number of aromatic amines is 2. The van der Waals surface area contributed by atoms with Crippen molar-refractivity contribution in [1.82, 2.24) is 14.5 Å². The fourth-order valence-corrected chi connectivity index (χ4v) is 2.82. The maximum Gasteiger partial charge on any atom is 0.329 e. The van der Waals surface area contributed by atoms with E-state index >= 15 is 0 Å². The van der Waals surface area contributed by atoms with Crippen molar-refractivity contribution in [3.63, 3.8) is 0 Å². The van der Waals surface area contributed by atoms with Gasteiger partial charge in [-0.15, -0.1) is 0 Å². The molecular weight excluding hydrogens is 320 g/mol. The molecule has 0 aliphatic rings. The highest BCUT2D eigenvalue weighted by Gasteiger charge is 2.11. The number of benzene rings is 2. The van der Waals surface area contributed by atoms with E-state index in [1.165, 1.54) is 0 Å². The zero-order valence-corrected chi connectivity index (χ0v) is 13.1. The molecule has 2 aromatic heterocycles. The molecule has 0 unspecified atom stereocenters. The van der Waals surface area contributed by atoms with Gasteiger partial charge in [-0.1, -0.05) is 12.1 Å². The average Bonchev–Trinajstić information content (AvgIpc) is 3.06. The number of nitrogens with zero attached hydrogens (tertiary/aromatic N) is 1. The Hall–Kier alpha value is -3.61. The Bertz CT molecular complexity index is 1220. The number of amides is 1. The molecular formula is C18H14N4O3. The minimum Gasteiger partial charge on any atom is -0.361 e. The molecule has 25 heavy (non-hydrogen) atoms. The minimum absolute atomic E-state index is 0.357. The molecule has 1 amide bonds. The van der Waals surface area contributed by atoms with E-state index in [2.05, 4.69) is 15.3 Å². The molecule has 0 radical (unpaired) electrons. The lowest BCUT2D eigenvalue weighted by Crippen LogP contribution is -2.38. The molecule has 3 N–H and O–H groups in total. The second-order valence-corrected chi connectivity index (χ2v) is 5.69. The third-order valence-corrected chi connectivity index (χ3v) is 4.03. The van der Waals surface area contributed by atoms with Gasteiger partial charge in [0.2, 0.25) is 5.91 Å². The summed E-state index contributed by atoms with van der Waals surface area (Å²) in [6.45, 7) is -0.357. The van der Waals surface area contributed by atoms with E-state index in [9.17, 15) is 14.4 Å². The summed E-state index contributed by atoms with van der Waals surface area (Å²) in [5.41, 5.74) is 0.908. The fourth-order valence-electron chi connectivity index (χ4n) is 2.82. The van der Waals surface area contributed by atoms with Crippen LogP contribution >= 0.6 is 0 Å². The van der Waals surface area contributed by atoms with Crippen LogP contribution in [0, 0.1) is 0 Å². The number of H-pyrrole nitrogens is 2. The molecule has 0 bridgehead atoms. The van der Waals surface area contributed by atoms with Gasteiger partial charge >= 0.3 is 5.69 Å². The number of aromatic nitrogens is 3. The standard InChI is InChI=1S/C18H14N4O3/c23-16(20-12-5-6-14-11(9-12)7-8-19-14)10-22-17(24)13-3-1-2-4-15(13)21-18(22)25/h1-9,19H,10H2,(H,20,23)(H,21,25). The summed E-state index contributed by atoms with van der Waals surface area (Å²) in [5.74, 6) is -0.447. The van der Waals surface area contributed by atoms with Gasteiger partial charge in [0.15, 0.2) is 0 Å². The quantitative estimate of drug-likeness (QED) is 0.533. The maximum absolute atomic E-state index is 12.4. The highest BCUT2D eigenvalue weighted by Crippen LogP contribution is 2.17. The monoisotopic (exact) mass is 334 g/mol. The first-order valence-corrected chi connectivity index (χ1v) is 7.71. The van der Waals surface area contributed by atoms with Crippen LogP contribution in [0.5, 0.6) is 0 Å². The van der Waals surface area contributed by atoms with Crippen molar-refractivity contribution in [2.24, 2.45) is 0 Å². The van der Waals surface area contributed by atoms with Gasteiger partial charge in [-0.2, -0.15) is 0 Å². The van der Waals surface area contributed by atoms with Crippen LogP contribution in [-0.2, 0) is 11.3 Å². The van der Waals surface area contributed by atoms with Crippen molar-refractivity contribution in [2.75, 3.05) is 5.32 Å². The van der Waals surface area contributed by atoms with Gasteiger partial charge in [0.05, 0.1) is 10.9 Å². The number of nitrogens with one attached hydrogen (secondary N) is 3. The van der Waals surface area contributed by atoms with Crippen LogP contribution in [0.1, 0.15) is 0 Å². The molecule has 0 aliphatic heterocycles. The van der Waals surface area contributed by atoms with E-state index in [4.69, 9.17) is 0 Å². The predicted molar refractivity (Wildman–Crippen MR) is 95.8 cm³/mol. The first-order chi connectivity index (χ1) is 12.1. The van der Waals surface area contributed by atoms with E-state index in [-0.39, 0.29) is 6.54 Å². The first-order valence-electron chi connectivity index (χ1n) is 7.71. The summed E-state index contributed by atoms with van der Waals surface area (Å²) in [4.78, 5) is 42.5. The van der Waals surface area contributed by atoms with Crippen LogP contribution in [0.2, 0.25) is 0 Å². The van der Waals surface area contributed by atoms with Gasteiger partial charge in [0.1, 0.15) is 6.54 Å². The fraction of sp³-hybridized carbons (Fsp3) is 0.0556. The second kappa shape index (κ2) is 5.79. The summed E-state index contributed by atoms with van der Waals surface area (Å²) in [7, 11) is 0. The number of para-hydroxylation sites is 1. The summed E-state index contributed by atoms with van der Waals surface area (Å²) in [5, 5.41) is 4.03. The molecule has 0 spiro atoms. The lowest BCUT2D eigenvalue weighted by Gasteiger charge is -2.08. The number of carbonyl (C=O) groups is 1. The molecule has 0 saturated carbocycles. The van der Waals surface area contributed by atoms with Crippen LogP contribution in [0.15, 0.2) is 64.3 Å². The maximum atomic E-state index is 12.4. The van der Waals surface area contributed by atoms with Crippen LogP contribution < -0.4 is 16.6 Å². The molecule has 4 rings (SSSR count). The van der Waals surface area contributed by atoms with Gasteiger partial charge in [0, 0.05) is 22.8 Å². The highest BCUT2D eigenvalue weighted by molar-refractivity contribution is 5.93. The lowest BCUT2D eigenvalue weighted by molar-refractivity contribution is -0.116. The molecule has 0 aliphatic carbocycles. The number of fused-ring (bicyclic) bond motifs is 2. The van der Waals surface area contributed by atoms with Crippen molar-refractivity contribution < 1.29 is 4.79 Å². The number of anilines is 1. The number of rotatable bonds is 3. The SMILES string of the molecule is O=C(Cn1c(=O)[nH]c2ccccc2c1=O)Nc1ccc2[nH]ccc2c1. The van der Waals surface area contributed by atoms with Gasteiger partial charge in [-0.3, -0.25) is 14.2 Å². The Labute approximate surface area is 140 Å². The molecule has 2 heterocycles. The van der Waals surface area contributed by atoms with Crippen LogP contribution in [-0.4, -0.2) is 20.4 Å². The normalized spacial score (nSPS) is 11.0. The molecule has 7 heteroatoms. The van der Waals surface area contributed by atoms with E-state index in [0.717, 1.165) is 15.5 Å². The molecule has 0 fully saturated rings. The van der Waals surface area contributed by atoms with E-state index in [1.807, 2.05) is 24.4 Å². The number of carbonyl (C=O) groups excluding carboxylic acids is 1. The molecule has 4 aromatic rings. The van der Waals surface area contributed by atoms with Crippen LogP contribution in [0.25, 0.3) is 21.8 Å². The molecule has 7 nitrogen and oxygen atoms in total. The lowest BCUT2D eigenvalue weighted by atomic mass is 10.2. The van der Waals surface area contributed by atoms with Crippen molar-refractivity contribution in [3.05, 3.63) is 75.6 Å². The number of hydrogen-bond acceptors (Lipinski definition) is 3. The van der Waals surface area contributed by atoms with Gasteiger partial charge in [-0.05, 0) is 36.4 Å². The smallest absolute Gasteiger partial charge is 0.329 e. The Morgan fingerprint density at radius 1 is 1.04 bits per heavy atom. The van der Waals surface area contributed by atoms with Gasteiger partial charge < -0.3 is 15.3 Å². The molecule has 0 atom stereocenters. The van der Waals surface area contributed by atoms with Crippen LogP contribution in [0.4, 0.5) is 5.69 Å². The Morgan fingerprint density at radius 2 is 1.88 bits per heavy atom. The average molecular weight is 334 g/mol. The third kappa shape index (κ3) is 2.72. The minimum atomic E-state index is -0.611. The summed E-state index contributed by atoms with van der Waals surface area (Å²) < 4.78 is 0.895. The van der Waals surface area contributed by atoms with Gasteiger partial charge in [-0.25, -0.2) is 4.79 Å². The van der Waals surface area contributed by atoms with E-state index < -0.39 is 17.2 Å². The molecule has 0 saturated heterocycles. The van der Waals surface area contributed by atoms with E-state index in [1.54, 1.807) is 30.3 Å². The second-order valence-electron chi connectivity index (χ2n) is 5.69. The van der Waals surface area contributed by atoms with Crippen molar-refractivity contribution in [1.29, 1.82) is 0 Å². The largest absolute Gasteiger partial charge is 0.361 e. The molecule has 2 aromatic carbocycles. The zero-order valence-electron chi connectivity index (χ0n) is 13.1. The topological polar surface area (TPSA) is 99.8 Å². The summed E-state index contributed by atoms with van der Waals surface area (Å²) in [6, 6.07) is 14.0. The Balaban J connectivity index is 1.63. The third-order valence-electron chi connectivity index (χ3n) is 4.03. The Kier molecular flexibility index (Phi) is 3.46. The number of hydrogen-bond donors (Lipinski definition) is 3.